The van der Waals surface area contributed by atoms with Gasteiger partial charge in [0, 0.05) is 23.5 Å². The Kier molecular flexibility index (Phi) is 7.82. The maximum atomic E-state index is 4.46. The molecule has 0 N–H and O–H groups in total. The van der Waals surface area contributed by atoms with Crippen LogP contribution in [0.3, 0.4) is 0 Å². The molecular formula is C32H26IrN2+3. The van der Waals surface area contributed by atoms with Gasteiger partial charge in [-0.2, -0.15) is 0 Å². The third-order valence-corrected chi connectivity index (χ3v) is 6.12. The standard InChI is InChI=1S/2C16H13N.Ir/c2*1-12-9-10-13-6-2-3-7-14(13)16(12)15-8-4-5-11-17-15;/h2*2-11H,1H3;/q;;+3. The second-order valence-electron chi connectivity index (χ2n) is 8.39. The van der Waals surface area contributed by atoms with Gasteiger partial charge in [0.25, 0.3) is 0 Å². The van der Waals surface area contributed by atoms with Gasteiger partial charge in [0.05, 0.1) is 11.4 Å². The van der Waals surface area contributed by atoms with Gasteiger partial charge in [-0.15, -0.1) is 0 Å². The molecule has 0 aliphatic carbocycles. The average molecular weight is 631 g/mol. The summed E-state index contributed by atoms with van der Waals surface area (Å²) in [6.45, 7) is 4.27. The van der Waals surface area contributed by atoms with E-state index in [1.165, 1.54) is 43.8 Å². The van der Waals surface area contributed by atoms with E-state index in [-0.39, 0.29) is 20.1 Å². The molecule has 0 aliphatic rings. The quantitative estimate of drug-likeness (QED) is 0.192. The number of nitrogens with zero attached hydrogens (tertiary/aromatic N) is 2. The maximum Gasteiger partial charge on any atom is 3.00 e. The smallest absolute Gasteiger partial charge is 0.256 e. The first-order valence-electron chi connectivity index (χ1n) is 11.5. The van der Waals surface area contributed by atoms with E-state index in [0.717, 1.165) is 11.4 Å². The molecule has 0 amide bonds. The summed E-state index contributed by atoms with van der Waals surface area (Å²) in [5.74, 6) is 0. The largest absolute Gasteiger partial charge is 3.00 e. The van der Waals surface area contributed by atoms with Crippen molar-refractivity contribution in [3.63, 3.8) is 0 Å². The van der Waals surface area contributed by atoms with Crippen LogP contribution in [-0.4, -0.2) is 9.97 Å². The molecule has 4 aromatic carbocycles. The molecule has 0 radical (unpaired) electrons. The first-order valence-corrected chi connectivity index (χ1v) is 11.5. The molecule has 170 valence electrons. The molecule has 0 bridgehead atoms. The number of hydrogen-bond donors (Lipinski definition) is 0. The molecule has 2 nitrogen and oxygen atoms in total. The maximum absolute atomic E-state index is 4.46. The average Bonchev–Trinajstić information content (AvgIpc) is 2.90. The number of aromatic nitrogens is 2. The molecular weight excluding hydrogens is 605 g/mol. The number of benzene rings is 4. The third-order valence-electron chi connectivity index (χ3n) is 6.12. The summed E-state index contributed by atoms with van der Waals surface area (Å²) in [6, 6.07) is 37.6. The molecule has 0 aliphatic heterocycles. The zero-order valence-electron chi connectivity index (χ0n) is 19.8. The first-order chi connectivity index (χ1) is 16.7. The minimum atomic E-state index is 0. The summed E-state index contributed by atoms with van der Waals surface area (Å²) in [5.41, 5.74) is 7.10. The minimum Gasteiger partial charge on any atom is -0.256 e. The van der Waals surface area contributed by atoms with Crippen molar-refractivity contribution in [3.05, 3.63) is 133 Å². The summed E-state index contributed by atoms with van der Waals surface area (Å²) in [6.07, 6.45) is 3.69. The van der Waals surface area contributed by atoms with E-state index in [9.17, 15) is 0 Å². The second-order valence-corrected chi connectivity index (χ2v) is 8.39. The molecule has 3 heteroatoms. The van der Waals surface area contributed by atoms with Gasteiger partial charge < -0.3 is 0 Å². The SMILES string of the molecule is Cc1ccc2ccccc2c1-c1ccccn1.Cc1ccc2ccccc2c1-c1ccccn1.[Ir+3]. The Balaban J connectivity index is 0.000000160. The number of hydrogen-bond acceptors (Lipinski definition) is 2. The van der Waals surface area contributed by atoms with E-state index in [4.69, 9.17) is 0 Å². The summed E-state index contributed by atoms with van der Waals surface area (Å²) in [7, 11) is 0. The molecule has 6 rings (SSSR count). The molecule has 0 unspecified atom stereocenters. The van der Waals surface area contributed by atoms with Crippen LogP contribution < -0.4 is 0 Å². The van der Waals surface area contributed by atoms with Crippen LogP contribution in [0.4, 0.5) is 0 Å². The summed E-state index contributed by atoms with van der Waals surface area (Å²) in [4.78, 5) is 8.92. The van der Waals surface area contributed by atoms with E-state index < -0.39 is 0 Å². The van der Waals surface area contributed by atoms with Gasteiger partial charge in [-0.3, -0.25) is 9.97 Å². The fraction of sp³-hybridized carbons (Fsp3) is 0.0625. The zero-order chi connectivity index (χ0) is 23.3. The van der Waals surface area contributed by atoms with Crippen molar-refractivity contribution in [1.29, 1.82) is 0 Å². The Labute approximate surface area is 220 Å². The van der Waals surface area contributed by atoms with Crippen LogP contribution in [0, 0.1) is 13.8 Å². The monoisotopic (exact) mass is 631 g/mol. The zero-order valence-corrected chi connectivity index (χ0v) is 22.2. The molecule has 0 spiro atoms. The number of fused-ring (bicyclic) bond motifs is 2. The van der Waals surface area contributed by atoms with Crippen molar-refractivity contribution in [1.82, 2.24) is 9.97 Å². The Morgan fingerprint density at radius 1 is 0.429 bits per heavy atom. The number of aryl methyl sites for hydroxylation is 2. The molecule has 0 saturated carbocycles. The molecule has 2 aromatic heterocycles. The Bertz CT molecular complexity index is 1440. The van der Waals surface area contributed by atoms with Gasteiger partial charge in [-0.25, -0.2) is 0 Å². The Hall–Kier alpha value is -3.65. The van der Waals surface area contributed by atoms with Gasteiger partial charge in [-0.1, -0.05) is 84.9 Å². The third kappa shape index (κ3) is 5.22. The van der Waals surface area contributed by atoms with Gasteiger partial charge in [0.15, 0.2) is 0 Å². The van der Waals surface area contributed by atoms with Gasteiger partial charge in [0.2, 0.25) is 0 Å². The molecule has 6 aromatic rings. The van der Waals surface area contributed by atoms with Crippen LogP contribution in [0.25, 0.3) is 44.1 Å². The molecule has 0 saturated heterocycles. The van der Waals surface area contributed by atoms with Crippen molar-refractivity contribution < 1.29 is 20.1 Å². The van der Waals surface area contributed by atoms with E-state index in [0.29, 0.717) is 0 Å². The van der Waals surface area contributed by atoms with E-state index in [1.807, 2.05) is 36.7 Å². The van der Waals surface area contributed by atoms with Crippen molar-refractivity contribution in [3.8, 4) is 22.5 Å². The van der Waals surface area contributed by atoms with Crippen LogP contribution >= 0.6 is 0 Å². The summed E-state index contributed by atoms with van der Waals surface area (Å²) >= 11 is 0. The predicted octanol–water partition coefficient (Wildman–Crippen LogP) is 8.42. The van der Waals surface area contributed by atoms with Crippen molar-refractivity contribution in [2.75, 3.05) is 0 Å². The molecule has 0 atom stereocenters. The van der Waals surface area contributed by atoms with Crippen LogP contribution in [0.2, 0.25) is 0 Å². The number of rotatable bonds is 2. The van der Waals surface area contributed by atoms with Crippen molar-refractivity contribution >= 4 is 21.5 Å². The topological polar surface area (TPSA) is 25.8 Å². The van der Waals surface area contributed by atoms with Crippen LogP contribution in [0.5, 0.6) is 0 Å². The Morgan fingerprint density at radius 2 is 0.829 bits per heavy atom. The summed E-state index contributed by atoms with van der Waals surface area (Å²) in [5, 5.41) is 5.06. The van der Waals surface area contributed by atoms with Crippen LogP contribution in [-0.2, 0) is 20.1 Å². The molecule has 2 heterocycles. The number of pyridine rings is 2. The summed E-state index contributed by atoms with van der Waals surface area (Å²) < 4.78 is 0. The van der Waals surface area contributed by atoms with E-state index in [2.05, 4.69) is 109 Å². The van der Waals surface area contributed by atoms with E-state index >= 15 is 0 Å². The molecule has 35 heavy (non-hydrogen) atoms. The van der Waals surface area contributed by atoms with E-state index in [1.54, 1.807) is 0 Å². The fourth-order valence-corrected chi connectivity index (χ4v) is 4.46. The Morgan fingerprint density at radius 3 is 1.23 bits per heavy atom. The normalized spacial score (nSPS) is 10.3. The fourth-order valence-electron chi connectivity index (χ4n) is 4.46. The second kappa shape index (κ2) is 11.2. The van der Waals surface area contributed by atoms with Gasteiger partial charge >= 0.3 is 20.1 Å². The van der Waals surface area contributed by atoms with Crippen molar-refractivity contribution in [2.45, 2.75) is 13.8 Å². The first kappa shape index (κ1) is 24.5. The van der Waals surface area contributed by atoms with Crippen LogP contribution in [0.15, 0.2) is 122 Å². The van der Waals surface area contributed by atoms with Crippen LogP contribution in [0.1, 0.15) is 11.1 Å². The molecule has 0 fully saturated rings. The van der Waals surface area contributed by atoms with Gasteiger partial charge in [-0.05, 0) is 70.8 Å². The van der Waals surface area contributed by atoms with Crippen molar-refractivity contribution in [2.24, 2.45) is 0 Å². The van der Waals surface area contributed by atoms with Gasteiger partial charge in [0.1, 0.15) is 0 Å². The minimum absolute atomic E-state index is 0. The predicted molar refractivity (Wildman–Crippen MR) is 144 cm³/mol.